The van der Waals surface area contributed by atoms with Crippen LogP contribution in [-0.4, -0.2) is 49.0 Å². The topological polar surface area (TPSA) is 97.3 Å². The Bertz CT molecular complexity index is 905. The molecule has 8 nitrogen and oxygen atoms in total. The summed E-state index contributed by atoms with van der Waals surface area (Å²) in [4.78, 5) is 17.8. The van der Waals surface area contributed by atoms with E-state index in [9.17, 15) is 4.79 Å². The largest absolute Gasteiger partial charge is 0.480 e. The number of nitrogens with zero attached hydrogens (tertiary/aromatic N) is 5. The summed E-state index contributed by atoms with van der Waals surface area (Å²) in [7, 11) is 0. The van der Waals surface area contributed by atoms with Gasteiger partial charge in [0.25, 0.3) is 0 Å². The third-order valence-corrected chi connectivity index (χ3v) is 4.82. The lowest BCUT2D eigenvalue weighted by molar-refractivity contribution is -0.137. The molecule has 0 radical (unpaired) electrons. The molecular formula is C19H21N5O3. The van der Waals surface area contributed by atoms with Gasteiger partial charge in [-0.2, -0.15) is 10.1 Å². The summed E-state index contributed by atoms with van der Waals surface area (Å²) in [6.07, 6.45) is 3.71. The Morgan fingerprint density at radius 1 is 1.26 bits per heavy atom. The number of piperidine rings is 1. The van der Waals surface area contributed by atoms with E-state index in [0.29, 0.717) is 18.3 Å². The van der Waals surface area contributed by atoms with Crippen LogP contribution in [0.5, 0.6) is 0 Å². The maximum Gasteiger partial charge on any atom is 0.325 e. The first kappa shape index (κ1) is 17.4. The standard InChI is InChI=1S/C19H21N5O3/c25-18(26)13-24-16(8-9-20-24)15-7-4-10-23(11-15)12-17-21-19(22-27-17)14-5-2-1-3-6-14/h1-3,5-6,8-9,15H,4,7,10-13H2,(H,25,26)/t15-/m1/s1. The zero-order valence-electron chi connectivity index (χ0n) is 14.9. The summed E-state index contributed by atoms with van der Waals surface area (Å²) in [6, 6.07) is 11.7. The molecule has 8 heteroatoms. The quantitative estimate of drug-likeness (QED) is 0.714. The Hall–Kier alpha value is -3.00. The normalized spacial score (nSPS) is 17.9. The van der Waals surface area contributed by atoms with Crippen LogP contribution in [0.15, 0.2) is 47.1 Å². The van der Waals surface area contributed by atoms with Crippen LogP contribution in [0, 0.1) is 0 Å². The molecule has 1 saturated heterocycles. The number of carboxylic acid groups (broad SMARTS) is 1. The Balaban J connectivity index is 1.43. The molecule has 27 heavy (non-hydrogen) atoms. The summed E-state index contributed by atoms with van der Waals surface area (Å²) in [5.41, 5.74) is 1.90. The molecule has 0 spiro atoms. The Morgan fingerprint density at radius 2 is 2.11 bits per heavy atom. The van der Waals surface area contributed by atoms with E-state index in [0.717, 1.165) is 37.2 Å². The van der Waals surface area contributed by atoms with Gasteiger partial charge in [0, 0.05) is 29.9 Å². The second-order valence-corrected chi connectivity index (χ2v) is 6.76. The summed E-state index contributed by atoms with van der Waals surface area (Å²) in [5, 5.41) is 17.3. The van der Waals surface area contributed by atoms with Gasteiger partial charge in [0.1, 0.15) is 6.54 Å². The number of aromatic nitrogens is 4. The van der Waals surface area contributed by atoms with Gasteiger partial charge in [-0.15, -0.1) is 0 Å². The number of aliphatic carboxylic acids is 1. The lowest BCUT2D eigenvalue weighted by Gasteiger charge is -2.31. The van der Waals surface area contributed by atoms with E-state index in [1.165, 1.54) is 0 Å². The smallest absolute Gasteiger partial charge is 0.325 e. The molecule has 1 atom stereocenters. The second kappa shape index (κ2) is 7.71. The first-order valence-electron chi connectivity index (χ1n) is 9.03. The minimum absolute atomic E-state index is 0.108. The average molecular weight is 367 g/mol. The highest BCUT2D eigenvalue weighted by Crippen LogP contribution is 2.27. The van der Waals surface area contributed by atoms with E-state index in [1.807, 2.05) is 36.4 Å². The van der Waals surface area contributed by atoms with Crippen LogP contribution < -0.4 is 0 Å². The predicted molar refractivity (Wildman–Crippen MR) is 96.8 cm³/mol. The van der Waals surface area contributed by atoms with Crippen LogP contribution in [0.2, 0.25) is 0 Å². The van der Waals surface area contributed by atoms with Crippen molar-refractivity contribution in [3.05, 3.63) is 54.2 Å². The third kappa shape index (κ3) is 4.06. The van der Waals surface area contributed by atoms with Gasteiger partial charge in [-0.25, -0.2) is 0 Å². The Labute approximate surface area is 156 Å². The van der Waals surface area contributed by atoms with Crippen LogP contribution >= 0.6 is 0 Å². The Kier molecular flexibility index (Phi) is 4.97. The van der Waals surface area contributed by atoms with Gasteiger partial charge in [0.05, 0.1) is 6.54 Å². The van der Waals surface area contributed by atoms with Crippen molar-refractivity contribution in [2.24, 2.45) is 0 Å². The molecule has 0 aliphatic carbocycles. The zero-order chi connectivity index (χ0) is 18.6. The van der Waals surface area contributed by atoms with Gasteiger partial charge >= 0.3 is 5.97 Å². The van der Waals surface area contributed by atoms with Crippen molar-refractivity contribution in [2.75, 3.05) is 13.1 Å². The fourth-order valence-corrected chi connectivity index (χ4v) is 3.61. The fraction of sp³-hybridized carbons (Fsp3) is 0.368. The SMILES string of the molecule is O=C(O)Cn1nccc1[C@@H]1CCCN(Cc2nc(-c3ccccc3)no2)C1. The molecule has 1 fully saturated rings. The van der Waals surface area contributed by atoms with Crippen LogP contribution in [0.3, 0.4) is 0 Å². The van der Waals surface area contributed by atoms with E-state index in [4.69, 9.17) is 9.63 Å². The first-order chi connectivity index (χ1) is 13.2. The minimum Gasteiger partial charge on any atom is -0.480 e. The monoisotopic (exact) mass is 367 g/mol. The maximum absolute atomic E-state index is 11.0. The van der Waals surface area contributed by atoms with Crippen molar-refractivity contribution in [3.63, 3.8) is 0 Å². The predicted octanol–water partition coefficient (Wildman–Crippen LogP) is 2.40. The van der Waals surface area contributed by atoms with Gasteiger partial charge in [-0.1, -0.05) is 35.5 Å². The van der Waals surface area contributed by atoms with Crippen molar-refractivity contribution >= 4 is 5.97 Å². The highest BCUT2D eigenvalue weighted by atomic mass is 16.5. The summed E-state index contributed by atoms with van der Waals surface area (Å²) >= 11 is 0. The van der Waals surface area contributed by atoms with Crippen molar-refractivity contribution in [2.45, 2.75) is 31.8 Å². The van der Waals surface area contributed by atoms with E-state index in [2.05, 4.69) is 20.1 Å². The van der Waals surface area contributed by atoms with Crippen molar-refractivity contribution < 1.29 is 14.4 Å². The van der Waals surface area contributed by atoms with Gasteiger partial charge in [0.15, 0.2) is 0 Å². The number of hydrogen-bond donors (Lipinski definition) is 1. The van der Waals surface area contributed by atoms with E-state index >= 15 is 0 Å². The molecule has 0 amide bonds. The molecule has 2 aromatic heterocycles. The van der Waals surface area contributed by atoms with E-state index in [1.54, 1.807) is 10.9 Å². The average Bonchev–Trinajstić information content (AvgIpc) is 3.32. The molecule has 3 aromatic rings. The molecule has 0 unspecified atom stereocenters. The molecule has 1 aliphatic heterocycles. The molecule has 1 N–H and O–H groups in total. The second-order valence-electron chi connectivity index (χ2n) is 6.76. The number of likely N-dealkylation sites (tertiary alicyclic amines) is 1. The lowest BCUT2D eigenvalue weighted by Crippen LogP contribution is -2.35. The van der Waals surface area contributed by atoms with Gasteiger partial charge in [-0.3, -0.25) is 14.4 Å². The summed E-state index contributed by atoms with van der Waals surface area (Å²) < 4.78 is 7.01. The molecule has 1 aromatic carbocycles. The summed E-state index contributed by atoms with van der Waals surface area (Å²) in [6.45, 7) is 2.24. The molecular weight excluding hydrogens is 346 g/mol. The van der Waals surface area contributed by atoms with Gasteiger partial charge < -0.3 is 9.63 Å². The van der Waals surface area contributed by atoms with E-state index < -0.39 is 5.97 Å². The highest BCUT2D eigenvalue weighted by molar-refractivity contribution is 5.66. The number of benzene rings is 1. The highest BCUT2D eigenvalue weighted by Gasteiger charge is 2.25. The zero-order valence-corrected chi connectivity index (χ0v) is 14.9. The van der Waals surface area contributed by atoms with Gasteiger partial charge in [0.2, 0.25) is 11.7 Å². The van der Waals surface area contributed by atoms with Crippen molar-refractivity contribution in [1.82, 2.24) is 24.8 Å². The van der Waals surface area contributed by atoms with Crippen LogP contribution in [0.4, 0.5) is 0 Å². The fourth-order valence-electron chi connectivity index (χ4n) is 3.61. The number of carboxylic acids is 1. The van der Waals surface area contributed by atoms with E-state index in [-0.39, 0.29) is 12.5 Å². The molecule has 1 aliphatic rings. The Morgan fingerprint density at radius 3 is 2.93 bits per heavy atom. The molecule has 3 heterocycles. The molecule has 140 valence electrons. The van der Waals surface area contributed by atoms with Gasteiger partial charge in [-0.05, 0) is 25.5 Å². The van der Waals surface area contributed by atoms with Crippen molar-refractivity contribution in [1.29, 1.82) is 0 Å². The number of rotatable bonds is 6. The maximum atomic E-state index is 11.0. The number of carbonyl (C=O) groups is 1. The van der Waals surface area contributed by atoms with Crippen LogP contribution in [-0.2, 0) is 17.9 Å². The third-order valence-electron chi connectivity index (χ3n) is 4.82. The lowest BCUT2D eigenvalue weighted by atomic mass is 9.94. The summed E-state index contributed by atoms with van der Waals surface area (Å²) in [5.74, 6) is 0.552. The van der Waals surface area contributed by atoms with Crippen molar-refractivity contribution in [3.8, 4) is 11.4 Å². The molecule has 4 rings (SSSR count). The molecule has 0 bridgehead atoms. The van der Waals surface area contributed by atoms with Crippen LogP contribution in [0.1, 0.15) is 30.3 Å². The van der Waals surface area contributed by atoms with Crippen LogP contribution in [0.25, 0.3) is 11.4 Å². The molecule has 0 saturated carbocycles. The minimum atomic E-state index is -0.882. The number of hydrogen-bond acceptors (Lipinski definition) is 6. The first-order valence-corrected chi connectivity index (χ1v) is 9.03.